The Labute approximate surface area is 234 Å². The number of carbonyl (C=O) groups is 3. The summed E-state index contributed by atoms with van der Waals surface area (Å²) in [6, 6.07) is 18.4. The molecule has 0 unspecified atom stereocenters. The van der Waals surface area contributed by atoms with Crippen LogP contribution in [0.2, 0.25) is 0 Å². The Morgan fingerprint density at radius 1 is 0.825 bits per heavy atom. The van der Waals surface area contributed by atoms with Gasteiger partial charge in [-0.2, -0.15) is 0 Å². The molecule has 0 bridgehead atoms. The number of rotatable bonds is 9. The lowest BCUT2D eigenvalue weighted by Crippen LogP contribution is -2.30. The van der Waals surface area contributed by atoms with E-state index in [0.717, 1.165) is 16.6 Å². The highest BCUT2D eigenvalue weighted by molar-refractivity contribution is 8.00. The normalized spacial score (nSPS) is 11.2. The van der Waals surface area contributed by atoms with Crippen molar-refractivity contribution in [1.82, 2.24) is 5.32 Å². The molecule has 0 radical (unpaired) electrons. The van der Waals surface area contributed by atoms with Gasteiger partial charge in [0.1, 0.15) is 11.4 Å². The van der Waals surface area contributed by atoms with Gasteiger partial charge >= 0.3 is 0 Å². The first kappa shape index (κ1) is 28.6. The molecule has 3 N–H and O–H groups in total. The standard InChI is InChI=1S/C28H19F4N3O3S2/c29-20-14-21(30)25(32)26(24(20)31)35-23(36)15-40-18-10-8-17(9-11-18)33-28(38)22(13-19-7-4-12-39-19)34-27(37)16-5-2-1-3-6-16/h1-14H,15H2,(H,33,38)(H,34,37)(H,35,36)/b22-13-. The predicted octanol–water partition coefficient (Wildman–Crippen LogP) is 6.44. The minimum atomic E-state index is -1.70. The molecule has 0 atom stereocenters. The van der Waals surface area contributed by atoms with E-state index in [0.29, 0.717) is 16.1 Å². The molecule has 204 valence electrons. The minimum Gasteiger partial charge on any atom is -0.321 e. The van der Waals surface area contributed by atoms with E-state index in [-0.39, 0.29) is 17.5 Å². The van der Waals surface area contributed by atoms with Crippen LogP contribution in [0.15, 0.2) is 88.8 Å². The number of carbonyl (C=O) groups excluding carboxylic acids is 3. The van der Waals surface area contributed by atoms with Crippen molar-refractivity contribution < 1.29 is 31.9 Å². The first-order chi connectivity index (χ1) is 19.2. The number of halogens is 4. The second-order valence-corrected chi connectivity index (χ2v) is 10.1. The summed E-state index contributed by atoms with van der Waals surface area (Å²) in [5.41, 5.74) is -0.401. The number of hydrogen-bond acceptors (Lipinski definition) is 5. The highest BCUT2D eigenvalue weighted by Crippen LogP contribution is 2.26. The molecule has 40 heavy (non-hydrogen) atoms. The third-order valence-electron chi connectivity index (χ3n) is 5.22. The Morgan fingerprint density at radius 3 is 2.12 bits per heavy atom. The molecular weight excluding hydrogens is 566 g/mol. The van der Waals surface area contributed by atoms with Crippen molar-refractivity contribution in [3.05, 3.63) is 118 Å². The average Bonchev–Trinajstić information content (AvgIpc) is 3.47. The van der Waals surface area contributed by atoms with Crippen molar-refractivity contribution >= 4 is 58.3 Å². The maximum Gasteiger partial charge on any atom is 0.272 e. The van der Waals surface area contributed by atoms with Crippen LogP contribution in [0.5, 0.6) is 0 Å². The number of amides is 3. The molecule has 12 heteroatoms. The first-order valence-corrected chi connectivity index (χ1v) is 13.4. The average molecular weight is 586 g/mol. The van der Waals surface area contributed by atoms with Gasteiger partial charge in [0.05, 0.1) is 5.75 Å². The molecule has 1 aromatic heterocycles. The van der Waals surface area contributed by atoms with E-state index < -0.39 is 46.7 Å². The van der Waals surface area contributed by atoms with Gasteiger partial charge < -0.3 is 16.0 Å². The summed E-state index contributed by atoms with van der Waals surface area (Å²) >= 11 is 2.38. The molecule has 4 rings (SSSR count). The Balaban J connectivity index is 1.38. The van der Waals surface area contributed by atoms with Crippen molar-refractivity contribution in [1.29, 1.82) is 0 Å². The van der Waals surface area contributed by atoms with Gasteiger partial charge in [-0.3, -0.25) is 14.4 Å². The Bertz CT molecular complexity index is 1540. The summed E-state index contributed by atoms with van der Waals surface area (Å²) in [6.07, 6.45) is 1.56. The number of thiophene rings is 1. The molecule has 0 aliphatic carbocycles. The lowest BCUT2D eigenvalue weighted by Gasteiger charge is -2.12. The molecule has 0 spiro atoms. The fourth-order valence-corrected chi connectivity index (χ4v) is 4.65. The van der Waals surface area contributed by atoms with Crippen molar-refractivity contribution in [3.63, 3.8) is 0 Å². The Kier molecular flexibility index (Phi) is 9.35. The quantitative estimate of drug-likeness (QED) is 0.0913. The molecule has 0 saturated carbocycles. The van der Waals surface area contributed by atoms with Crippen LogP contribution >= 0.6 is 23.1 Å². The van der Waals surface area contributed by atoms with E-state index in [4.69, 9.17) is 0 Å². The van der Waals surface area contributed by atoms with E-state index in [1.165, 1.54) is 11.3 Å². The number of anilines is 2. The number of benzene rings is 3. The monoisotopic (exact) mass is 585 g/mol. The largest absolute Gasteiger partial charge is 0.321 e. The van der Waals surface area contributed by atoms with Crippen LogP contribution in [0.4, 0.5) is 28.9 Å². The fraction of sp³-hybridized carbons (Fsp3) is 0.0357. The zero-order valence-electron chi connectivity index (χ0n) is 20.3. The molecule has 3 aromatic carbocycles. The number of hydrogen-bond donors (Lipinski definition) is 3. The maximum absolute atomic E-state index is 13.8. The molecule has 0 fully saturated rings. The van der Waals surface area contributed by atoms with Gasteiger partial charge in [0.2, 0.25) is 5.91 Å². The van der Waals surface area contributed by atoms with Gasteiger partial charge in [-0.1, -0.05) is 24.3 Å². The van der Waals surface area contributed by atoms with Crippen molar-refractivity contribution in [2.24, 2.45) is 0 Å². The van der Waals surface area contributed by atoms with E-state index in [1.54, 1.807) is 66.7 Å². The lowest BCUT2D eigenvalue weighted by atomic mass is 10.2. The second kappa shape index (κ2) is 13.1. The first-order valence-electron chi connectivity index (χ1n) is 11.5. The van der Waals surface area contributed by atoms with E-state index in [2.05, 4.69) is 10.6 Å². The summed E-state index contributed by atoms with van der Waals surface area (Å²) in [5.74, 6) is -8.90. The zero-order valence-corrected chi connectivity index (χ0v) is 22.0. The third-order valence-corrected chi connectivity index (χ3v) is 7.05. The lowest BCUT2D eigenvalue weighted by molar-refractivity contribution is -0.114. The van der Waals surface area contributed by atoms with Crippen LogP contribution in [0, 0.1) is 23.3 Å². The smallest absolute Gasteiger partial charge is 0.272 e. The minimum absolute atomic E-state index is 0.0275. The van der Waals surface area contributed by atoms with Gasteiger partial charge in [0.15, 0.2) is 23.3 Å². The highest BCUT2D eigenvalue weighted by atomic mass is 32.2. The van der Waals surface area contributed by atoms with Crippen molar-refractivity contribution in [3.8, 4) is 0 Å². The Hall–Kier alpha value is -4.42. The van der Waals surface area contributed by atoms with Crippen molar-refractivity contribution in [2.75, 3.05) is 16.4 Å². The van der Waals surface area contributed by atoms with Crippen molar-refractivity contribution in [2.45, 2.75) is 4.90 Å². The SMILES string of the molecule is O=C(CSc1ccc(NC(=O)/C(=C/c2cccs2)NC(=O)c2ccccc2)cc1)Nc1c(F)c(F)cc(F)c1F. The molecule has 1 heterocycles. The van der Waals surface area contributed by atoms with Gasteiger partial charge in [-0.25, -0.2) is 17.6 Å². The molecule has 0 aliphatic heterocycles. The van der Waals surface area contributed by atoms with Crippen LogP contribution in [0.1, 0.15) is 15.2 Å². The maximum atomic E-state index is 13.8. The molecular formula is C28H19F4N3O3S2. The summed E-state index contributed by atoms with van der Waals surface area (Å²) < 4.78 is 54.2. The number of thioether (sulfide) groups is 1. The molecule has 0 saturated heterocycles. The number of nitrogens with one attached hydrogen (secondary N) is 3. The highest BCUT2D eigenvalue weighted by Gasteiger charge is 2.21. The van der Waals surface area contributed by atoms with E-state index in [9.17, 15) is 31.9 Å². The summed E-state index contributed by atoms with van der Waals surface area (Å²) in [4.78, 5) is 39.1. The van der Waals surface area contributed by atoms with Crippen LogP contribution < -0.4 is 16.0 Å². The summed E-state index contributed by atoms with van der Waals surface area (Å²) in [7, 11) is 0. The van der Waals surface area contributed by atoms with Crippen LogP contribution in [0.25, 0.3) is 6.08 Å². The zero-order chi connectivity index (χ0) is 28.6. The second-order valence-electron chi connectivity index (χ2n) is 8.05. The van der Waals surface area contributed by atoms with Gasteiger partial charge in [-0.15, -0.1) is 23.1 Å². The topological polar surface area (TPSA) is 87.3 Å². The Morgan fingerprint density at radius 2 is 1.50 bits per heavy atom. The molecule has 3 amide bonds. The summed E-state index contributed by atoms with van der Waals surface area (Å²) in [5, 5.41) is 9.01. The summed E-state index contributed by atoms with van der Waals surface area (Å²) in [6.45, 7) is 0. The fourth-order valence-electron chi connectivity index (χ4n) is 3.30. The third kappa shape index (κ3) is 7.36. The molecule has 4 aromatic rings. The van der Waals surface area contributed by atoms with Crippen LogP contribution in [0.3, 0.4) is 0 Å². The molecule has 6 nitrogen and oxygen atoms in total. The van der Waals surface area contributed by atoms with E-state index in [1.807, 2.05) is 16.8 Å². The predicted molar refractivity (Wildman–Crippen MR) is 147 cm³/mol. The van der Waals surface area contributed by atoms with Crippen LogP contribution in [-0.2, 0) is 9.59 Å². The van der Waals surface area contributed by atoms with Gasteiger partial charge in [0, 0.05) is 27.1 Å². The van der Waals surface area contributed by atoms with Crippen LogP contribution in [-0.4, -0.2) is 23.5 Å². The molecule has 0 aliphatic rings. The van der Waals surface area contributed by atoms with Gasteiger partial charge in [0.25, 0.3) is 11.8 Å². The van der Waals surface area contributed by atoms with Gasteiger partial charge in [-0.05, 0) is 53.9 Å². The van der Waals surface area contributed by atoms with E-state index >= 15 is 0 Å².